The van der Waals surface area contributed by atoms with Gasteiger partial charge in [0.2, 0.25) is 5.91 Å². The number of amides is 2. The number of benzene rings is 3. The molecule has 0 heterocycles. The summed E-state index contributed by atoms with van der Waals surface area (Å²) in [5.74, 6) is 0.0690. The van der Waals surface area contributed by atoms with E-state index in [0.29, 0.717) is 34.8 Å². The standard InChI is InChI=1S/C29H32BrClN2O3/c1-3-4-16-32-29(35)26(17-22-8-6-5-7-9-22)33(19-23-12-10-21(2)11-13-23)28(34)20-36-27-15-14-24(31)18-25(27)30/h5-15,18,26H,3-4,16-17,19-20H2,1-2H3,(H,32,35)/t26-/m0/s1. The number of ether oxygens (including phenoxy) is 1. The molecule has 3 aromatic rings. The van der Waals surface area contributed by atoms with Crippen LogP contribution in [0, 0.1) is 6.92 Å². The number of halogens is 2. The predicted molar refractivity (Wildman–Crippen MR) is 148 cm³/mol. The highest BCUT2D eigenvalue weighted by atomic mass is 79.9. The lowest BCUT2D eigenvalue weighted by Crippen LogP contribution is -2.51. The Morgan fingerprint density at radius 3 is 2.42 bits per heavy atom. The van der Waals surface area contributed by atoms with E-state index in [9.17, 15) is 9.59 Å². The maximum absolute atomic E-state index is 13.6. The minimum Gasteiger partial charge on any atom is -0.483 e. The lowest BCUT2D eigenvalue weighted by atomic mass is 10.0. The van der Waals surface area contributed by atoms with E-state index in [1.54, 1.807) is 23.1 Å². The summed E-state index contributed by atoms with van der Waals surface area (Å²) in [4.78, 5) is 28.6. The molecule has 1 atom stereocenters. The van der Waals surface area contributed by atoms with E-state index < -0.39 is 6.04 Å². The zero-order valence-electron chi connectivity index (χ0n) is 20.7. The number of unbranched alkanes of at least 4 members (excludes halogenated alkanes) is 1. The first kappa shape index (κ1) is 27.8. The van der Waals surface area contributed by atoms with Crippen LogP contribution >= 0.6 is 27.5 Å². The molecule has 0 aliphatic heterocycles. The highest BCUT2D eigenvalue weighted by Gasteiger charge is 2.30. The summed E-state index contributed by atoms with van der Waals surface area (Å²) < 4.78 is 6.50. The second-order valence-corrected chi connectivity index (χ2v) is 10.0. The van der Waals surface area contributed by atoms with Gasteiger partial charge in [0, 0.05) is 24.5 Å². The largest absolute Gasteiger partial charge is 0.483 e. The molecule has 0 saturated carbocycles. The molecule has 2 amide bonds. The van der Waals surface area contributed by atoms with E-state index in [0.717, 1.165) is 29.5 Å². The van der Waals surface area contributed by atoms with Crippen LogP contribution in [0.1, 0.15) is 36.5 Å². The summed E-state index contributed by atoms with van der Waals surface area (Å²) in [6.07, 6.45) is 2.25. The van der Waals surface area contributed by atoms with E-state index in [2.05, 4.69) is 28.2 Å². The minimum atomic E-state index is -0.685. The van der Waals surface area contributed by atoms with Gasteiger partial charge < -0.3 is 15.0 Å². The third-order valence-electron chi connectivity index (χ3n) is 5.82. The molecule has 0 unspecified atom stereocenters. The van der Waals surface area contributed by atoms with E-state index in [-0.39, 0.29) is 18.4 Å². The first-order valence-electron chi connectivity index (χ1n) is 12.1. The first-order chi connectivity index (χ1) is 17.4. The van der Waals surface area contributed by atoms with Gasteiger partial charge >= 0.3 is 0 Å². The SMILES string of the molecule is CCCCNC(=O)[C@H](Cc1ccccc1)N(Cc1ccc(C)cc1)C(=O)COc1ccc(Cl)cc1Br. The number of carbonyl (C=O) groups is 2. The maximum Gasteiger partial charge on any atom is 0.261 e. The second-order valence-electron chi connectivity index (χ2n) is 8.72. The van der Waals surface area contributed by atoms with Gasteiger partial charge in [0.05, 0.1) is 4.47 Å². The molecular weight excluding hydrogens is 540 g/mol. The molecule has 0 aromatic heterocycles. The molecule has 7 heteroatoms. The third-order valence-corrected chi connectivity index (χ3v) is 6.67. The van der Waals surface area contributed by atoms with Crippen LogP contribution in [0.15, 0.2) is 77.3 Å². The fourth-order valence-corrected chi connectivity index (χ4v) is 4.56. The van der Waals surface area contributed by atoms with Crippen LogP contribution in [0.4, 0.5) is 0 Å². The van der Waals surface area contributed by atoms with Crippen LogP contribution in [-0.4, -0.2) is 35.9 Å². The fraction of sp³-hybridized carbons (Fsp3) is 0.310. The number of nitrogens with one attached hydrogen (secondary N) is 1. The van der Waals surface area contributed by atoms with Gasteiger partial charge in [0.1, 0.15) is 11.8 Å². The van der Waals surface area contributed by atoms with Crippen LogP contribution < -0.4 is 10.1 Å². The summed E-state index contributed by atoms with van der Waals surface area (Å²) in [5.41, 5.74) is 3.06. The van der Waals surface area contributed by atoms with Crippen molar-refractivity contribution in [2.24, 2.45) is 0 Å². The number of hydrogen-bond acceptors (Lipinski definition) is 3. The van der Waals surface area contributed by atoms with Crippen molar-refractivity contribution in [3.05, 3.63) is 99.0 Å². The number of carbonyl (C=O) groups excluding carboxylic acids is 2. The number of aryl methyl sites for hydroxylation is 1. The summed E-state index contributed by atoms with van der Waals surface area (Å²) in [6.45, 7) is 4.75. The van der Waals surface area contributed by atoms with Gasteiger partial charge in [-0.2, -0.15) is 0 Å². The Morgan fingerprint density at radius 1 is 1.03 bits per heavy atom. The van der Waals surface area contributed by atoms with E-state index in [4.69, 9.17) is 16.3 Å². The van der Waals surface area contributed by atoms with Gasteiger partial charge in [-0.1, -0.05) is 85.1 Å². The van der Waals surface area contributed by atoms with Crippen molar-refractivity contribution in [1.82, 2.24) is 10.2 Å². The smallest absolute Gasteiger partial charge is 0.261 e. The first-order valence-corrected chi connectivity index (χ1v) is 13.3. The van der Waals surface area contributed by atoms with Gasteiger partial charge in [0.25, 0.3) is 5.91 Å². The molecule has 0 saturated heterocycles. The quantitative estimate of drug-likeness (QED) is 0.258. The molecule has 3 aromatic carbocycles. The van der Waals surface area contributed by atoms with E-state index in [1.807, 2.05) is 61.5 Å². The molecule has 0 bridgehead atoms. The fourth-order valence-electron chi connectivity index (χ4n) is 3.76. The van der Waals surface area contributed by atoms with Crippen molar-refractivity contribution in [3.8, 4) is 5.75 Å². The molecule has 3 rings (SSSR count). The molecule has 0 aliphatic rings. The summed E-state index contributed by atoms with van der Waals surface area (Å²) in [7, 11) is 0. The van der Waals surface area contributed by atoms with Crippen molar-refractivity contribution in [1.29, 1.82) is 0 Å². The Morgan fingerprint density at radius 2 is 1.75 bits per heavy atom. The van der Waals surface area contributed by atoms with Crippen LogP contribution in [0.5, 0.6) is 5.75 Å². The molecule has 0 spiro atoms. The van der Waals surface area contributed by atoms with Crippen molar-refractivity contribution < 1.29 is 14.3 Å². The topological polar surface area (TPSA) is 58.6 Å². The van der Waals surface area contributed by atoms with Crippen molar-refractivity contribution in [2.45, 2.75) is 45.7 Å². The van der Waals surface area contributed by atoms with Gasteiger partial charge in [0.15, 0.2) is 6.61 Å². The van der Waals surface area contributed by atoms with Crippen LogP contribution in [0.3, 0.4) is 0 Å². The lowest BCUT2D eigenvalue weighted by Gasteiger charge is -2.31. The van der Waals surface area contributed by atoms with E-state index >= 15 is 0 Å². The molecular formula is C29H32BrClN2O3. The minimum absolute atomic E-state index is 0.166. The molecule has 190 valence electrons. The Balaban J connectivity index is 1.88. The number of rotatable bonds is 12. The van der Waals surface area contributed by atoms with Crippen LogP contribution in [0.25, 0.3) is 0 Å². The second kappa shape index (κ2) is 14.0. The Labute approximate surface area is 226 Å². The molecule has 5 nitrogen and oxygen atoms in total. The number of hydrogen-bond donors (Lipinski definition) is 1. The number of nitrogens with zero attached hydrogens (tertiary/aromatic N) is 1. The maximum atomic E-state index is 13.6. The molecule has 0 fully saturated rings. The third kappa shape index (κ3) is 8.38. The van der Waals surface area contributed by atoms with Crippen molar-refractivity contribution in [3.63, 3.8) is 0 Å². The Bertz CT molecular complexity index is 1140. The van der Waals surface area contributed by atoms with Crippen molar-refractivity contribution >= 4 is 39.3 Å². The van der Waals surface area contributed by atoms with Gasteiger partial charge in [-0.25, -0.2) is 0 Å². The molecule has 1 N–H and O–H groups in total. The van der Waals surface area contributed by atoms with Crippen LogP contribution in [0.2, 0.25) is 5.02 Å². The highest BCUT2D eigenvalue weighted by Crippen LogP contribution is 2.28. The zero-order chi connectivity index (χ0) is 25.9. The summed E-state index contributed by atoms with van der Waals surface area (Å²) in [6, 6.07) is 22.2. The summed E-state index contributed by atoms with van der Waals surface area (Å²) >= 11 is 9.46. The van der Waals surface area contributed by atoms with E-state index in [1.165, 1.54) is 0 Å². The Kier molecular flexibility index (Phi) is 10.8. The predicted octanol–water partition coefficient (Wildman–Crippen LogP) is 6.35. The molecule has 0 aliphatic carbocycles. The summed E-state index contributed by atoms with van der Waals surface area (Å²) in [5, 5.41) is 3.59. The average Bonchev–Trinajstić information content (AvgIpc) is 2.87. The normalized spacial score (nSPS) is 11.6. The lowest BCUT2D eigenvalue weighted by molar-refractivity contribution is -0.142. The Hall–Kier alpha value is -2.83. The van der Waals surface area contributed by atoms with Crippen molar-refractivity contribution in [2.75, 3.05) is 13.2 Å². The molecule has 36 heavy (non-hydrogen) atoms. The average molecular weight is 572 g/mol. The van der Waals surface area contributed by atoms with Crippen LogP contribution in [-0.2, 0) is 22.6 Å². The van der Waals surface area contributed by atoms with Gasteiger partial charge in [-0.3, -0.25) is 9.59 Å². The highest BCUT2D eigenvalue weighted by molar-refractivity contribution is 9.10. The monoisotopic (exact) mass is 570 g/mol. The molecule has 0 radical (unpaired) electrons. The zero-order valence-corrected chi connectivity index (χ0v) is 23.0. The van der Waals surface area contributed by atoms with Gasteiger partial charge in [-0.15, -0.1) is 0 Å². The van der Waals surface area contributed by atoms with Gasteiger partial charge in [-0.05, 0) is 58.6 Å².